The number of nitrogens with two attached hydrogens (primary N) is 1. The van der Waals surface area contributed by atoms with Crippen LogP contribution in [0, 0.1) is 25.5 Å². The Labute approximate surface area is 170 Å². The summed E-state index contributed by atoms with van der Waals surface area (Å²) in [4.78, 5) is 12.6. The minimum Gasteiger partial charge on any atom is -0.473 e. The molecule has 9 heteroatoms. The van der Waals surface area contributed by atoms with Gasteiger partial charge in [-0.1, -0.05) is 6.07 Å². The highest BCUT2D eigenvalue weighted by atomic mass is 19.3. The van der Waals surface area contributed by atoms with Gasteiger partial charge in [0.2, 0.25) is 5.88 Å². The van der Waals surface area contributed by atoms with Crippen LogP contribution in [0.2, 0.25) is 0 Å². The van der Waals surface area contributed by atoms with Crippen LogP contribution >= 0.6 is 0 Å². The molecule has 160 valence electrons. The second-order valence-corrected chi connectivity index (χ2v) is 7.10. The number of fused-ring (bicyclic) bond motifs is 1. The van der Waals surface area contributed by atoms with Crippen molar-refractivity contribution in [3.05, 3.63) is 64.4 Å². The molecule has 0 radical (unpaired) electrons. The smallest absolute Gasteiger partial charge is 0.260 e. The van der Waals surface area contributed by atoms with Crippen LogP contribution in [0.4, 0.5) is 17.6 Å². The highest BCUT2D eigenvalue weighted by Crippen LogP contribution is 2.27. The maximum atomic E-state index is 13.9. The predicted molar refractivity (Wildman–Crippen MR) is 103 cm³/mol. The summed E-state index contributed by atoms with van der Waals surface area (Å²) in [6.45, 7) is 2.10. The average molecular weight is 423 g/mol. The van der Waals surface area contributed by atoms with E-state index in [1.165, 1.54) is 10.6 Å². The lowest BCUT2D eigenvalue weighted by molar-refractivity contribution is 0.000969. The fourth-order valence-electron chi connectivity index (χ4n) is 3.15. The van der Waals surface area contributed by atoms with E-state index in [1.54, 1.807) is 26.0 Å². The topological polar surface area (TPSA) is 69.6 Å². The molecule has 1 aromatic carbocycles. The van der Waals surface area contributed by atoms with Crippen molar-refractivity contribution >= 4 is 11.3 Å². The molecule has 0 atom stereocenters. The van der Waals surface area contributed by atoms with Crippen molar-refractivity contribution in [3.8, 4) is 5.88 Å². The summed E-state index contributed by atoms with van der Waals surface area (Å²) in [7, 11) is 0. The first-order valence-electron chi connectivity index (χ1n) is 9.29. The Bertz CT molecular complexity index is 1080. The van der Waals surface area contributed by atoms with E-state index < -0.39 is 42.7 Å². The third-order valence-corrected chi connectivity index (χ3v) is 4.74. The lowest BCUT2D eigenvalue weighted by Gasteiger charge is -2.13. The number of Topliss-reactive ketones (excluding diaryl/α,β-unsaturated/α-hetero) is 1. The molecule has 0 spiro atoms. The van der Waals surface area contributed by atoms with E-state index >= 15 is 0 Å². The normalized spacial score (nSPS) is 11.8. The molecule has 2 aromatic heterocycles. The number of carbonyl (C=O) groups is 1. The van der Waals surface area contributed by atoms with Crippen molar-refractivity contribution < 1.29 is 27.1 Å². The summed E-state index contributed by atoms with van der Waals surface area (Å²) >= 11 is 0. The molecule has 0 aliphatic carbocycles. The summed E-state index contributed by atoms with van der Waals surface area (Å²) in [6.07, 6.45) is -1.06. The van der Waals surface area contributed by atoms with Gasteiger partial charge in [-0.3, -0.25) is 4.79 Å². The van der Waals surface area contributed by atoms with Gasteiger partial charge in [-0.25, -0.2) is 22.1 Å². The van der Waals surface area contributed by atoms with Gasteiger partial charge < -0.3 is 10.5 Å². The van der Waals surface area contributed by atoms with E-state index in [9.17, 15) is 22.4 Å². The number of ketones is 1. The van der Waals surface area contributed by atoms with E-state index in [-0.39, 0.29) is 23.6 Å². The number of benzene rings is 1. The number of carbonyl (C=O) groups excluding carboxylic acids is 1. The molecule has 0 bridgehead atoms. The number of aromatic nitrogens is 2. The first kappa shape index (κ1) is 21.8. The Morgan fingerprint density at radius 2 is 1.87 bits per heavy atom. The van der Waals surface area contributed by atoms with E-state index in [0.717, 1.165) is 12.1 Å². The Morgan fingerprint density at radius 1 is 1.20 bits per heavy atom. The number of pyridine rings is 1. The molecule has 3 aromatic rings. The third-order valence-electron chi connectivity index (χ3n) is 4.74. The first-order valence-corrected chi connectivity index (χ1v) is 9.29. The molecule has 0 fully saturated rings. The number of rotatable bonds is 8. The quantitative estimate of drug-likeness (QED) is 0.432. The van der Waals surface area contributed by atoms with Crippen LogP contribution < -0.4 is 10.5 Å². The summed E-state index contributed by atoms with van der Waals surface area (Å²) in [6, 6.07) is 6.78. The molecule has 5 nitrogen and oxygen atoms in total. The SMILES string of the molecule is Cc1cc(OCc2c(F)cccc2F)n2nc(C)c(C(=O)CCC(F)(F)CN)c2c1. The van der Waals surface area contributed by atoms with Crippen LogP contribution in [0.1, 0.15) is 40.0 Å². The molecule has 2 N–H and O–H groups in total. The molecule has 0 aliphatic rings. The molecule has 2 heterocycles. The number of hydrogen-bond acceptors (Lipinski definition) is 4. The van der Waals surface area contributed by atoms with Gasteiger partial charge in [-0.2, -0.15) is 5.10 Å². The second kappa shape index (κ2) is 8.43. The predicted octanol–water partition coefficient (Wildman–Crippen LogP) is 4.37. The number of nitrogens with zero attached hydrogens (tertiary/aromatic N) is 2. The van der Waals surface area contributed by atoms with Crippen LogP contribution in [-0.4, -0.2) is 27.9 Å². The first-order chi connectivity index (χ1) is 14.1. The Hall–Kier alpha value is -2.94. The number of ether oxygens (including phenoxy) is 1. The summed E-state index contributed by atoms with van der Waals surface area (Å²) in [5.74, 6) is -4.94. The van der Waals surface area contributed by atoms with Crippen molar-refractivity contribution in [2.45, 2.75) is 39.2 Å². The van der Waals surface area contributed by atoms with Crippen LogP contribution in [0.15, 0.2) is 30.3 Å². The molecular formula is C21H21F4N3O2. The van der Waals surface area contributed by atoms with Crippen LogP contribution in [0.5, 0.6) is 5.88 Å². The third kappa shape index (κ3) is 4.46. The van der Waals surface area contributed by atoms with Crippen molar-refractivity contribution in [1.29, 1.82) is 0 Å². The molecule has 0 unspecified atom stereocenters. The fourth-order valence-corrected chi connectivity index (χ4v) is 3.15. The Kier molecular flexibility index (Phi) is 6.12. The van der Waals surface area contributed by atoms with Gasteiger partial charge in [0.1, 0.15) is 18.2 Å². The van der Waals surface area contributed by atoms with Gasteiger partial charge in [0, 0.05) is 18.9 Å². The highest BCUT2D eigenvalue weighted by molar-refractivity contribution is 6.03. The molecule has 0 amide bonds. The lowest BCUT2D eigenvalue weighted by atomic mass is 10.0. The van der Waals surface area contributed by atoms with Gasteiger partial charge in [-0.15, -0.1) is 0 Å². The molecule has 0 saturated heterocycles. The number of halogens is 4. The summed E-state index contributed by atoms with van der Waals surface area (Å²) < 4.78 is 61.6. The molecule has 0 aliphatic heterocycles. The van der Waals surface area contributed by atoms with E-state index in [1.807, 2.05) is 0 Å². The zero-order valence-electron chi connectivity index (χ0n) is 16.5. The van der Waals surface area contributed by atoms with Crippen molar-refractivity contribution in [3.63, 3.8) is 0 Å². The monoisotopic (exact) mass is 423 g/mol. The van der Waals surface area contributed by atoms with Crippen LogP contribution in [0.3, 0.4) is 0 Å². The van der Waals surface area contributed by atoms with E-state index in [2.05, 4.69) is 5.10 Å². The van der Waals surface area contributed by atoms with Gasteiger partial charge in [0.15, 0.2) is 5.78 Å². The maximum Gasteiger partial charge on any atom is 0.260 e. The molecule has 0 saturated carbocycles. The lowest BCUT2D eigenvalue weighted by Crippen LogP contribution is -2.28. The van der Waals surface area contributed by atoms with Gasteiger partial charge in [0.25, 0.3) is 5.92 Å². The maximum absolute atomic E-state index is 13.9. The standard InChI is InChI=1S/C21H21F4N3O2/c1-12-8-17-20(18(29)6-7-21(24,25)11-26)13(2)27-28(17)19(9-12)30-10-14-15(22)4-3-5-16(14)23/h3-5,8-9H,6-7,10-11,26H2,1-2H3. The second-order valence-electron chi connectivity index (χ2n) is 7.10. The van der Waals surface area contributed by atoms with Crippen molar-refractivity contribution in [1.82, 2.24) is 9.61 Å². The largest absolute Gasteiger partial charge is 0.473 e. The number of aryl methyl sites for hydroxylation is 2. The van der Waals surface area contributed by atoms with Gasteiger partial charge in [-0.05, 0) is 37.6 Å². The van der Waals surface area contributed by atoms with Gasteiger partial charge >= 0.3 is 0 Å². The minimum absolute atomic E-state index is 0.169. The van der Waals surface area contributed by atoms with E-state index in [0.29, 0.717) is 16.8 Å². The number of hydrogen-bond donors (Lipinski definition) is 1. The zero-order chi connectivity index (χ0) is 22.1. The summed E-state index contributed by atoms with van der Waals surface area (Å²) in [5.41, 5.74) is 6.40. The molecular weight excluding hydrogens is 402 g/mol. The van der Waals surface area contributed by atoms with Crippen molar-refractivity contribution in [2.24, 2.45) is 5.73 Å². The van der Waals surface area contributed by atoms with Crippen LogP contribution in [-0.2, 0) is 6.61 Å². The number of alkyl halides is 2. The molecule has 30 heavy (non-hydrogen) atoms. The summed E-state index contributed by atoms with van der Waals surface area (Å²) in [5, 5.41) is 4.27. The fraction of sp³-hybridized carbons (Fsp3) is 0.333. The van der Waals surface area contributed by atoms with Crippen molar-refractivity contribution in [2.75, 3.05) is 6.54 Å². The minimum atomic E-state index is -3.12. The Morgan fingerprint density at radius 3 is 2.50 bits per heavy atom. The van der Waals surface area contributed by atoms with Crippen LogP contribution in [0.25, 0.3) is 5.52 Å². The van der Waals surface area contributed by atoms with Gasteiger partial charge in [0.05, 0.1) is 28.9 Å². The average Bonchev–Trinajstić information content (AvgIpc) is 3.01. The van der Waals surface area contributed by atoms with E-state index in [4.69, 9.17) is 10.5 Å². The Balaban J connectivity index is 1.93. The zero-order valence-corrected chi connectivity index (χ0v) is 16.5. The highest BCUT2D eigenvalue weighted by Gasteiger charge is 2.29. The molecule has 3 rings (SSSR count).